The maximum Gasteiger partial charge on any atom is 0.321 e. The zero-order chi connectivity index (χ0) is 18.7. The van der Waals surface area contributed by atoms with Crippen LogP contribution in [0.5, 0.6) is 5.75 Å². The van der Waals surface area contributed by atoms with Crippen molar-refractivity contribution in [2.24, 2.45) is 0 Å². The highest BCUT2D eigenvalue weighted by Crippen LogP contribution is 2.30. The number of anilines is 1. The number of nitrogens with zero attached hydrogens (tertiary/aromatic N) is 2. The van der Waals surface area contributed by atoms with Crippen molar-refractivity contribution in [2.45, 2.75) is 32.9 Å². The summed E-state index contributed by atoms with van der Waals surface area (Å²) in [5, 5.41) is 6.08. The third-order valence-electron chi connectivity index (χ3n) is 4.00. The monoisotopic (exact) mass is 374 g/mol. The number of hydrogen-bond acceptors (Lipinski definition) is 5. The maximum absolute atomic E-state index is 12.8. The lowest BCUT2D eigenvalue weighted by molar-refractivity contribution is 0.0733. The van der Waals surface area contributed by atoms with Crippen LogP contribution in [0.1, 0.15) is 34.8 Å². The van der Waals surface area contributed by atoms with E-state index in [0.29, 0.717) is 36.0 Å². The third-order valence-corrected chi connectivity index (χ3v) is 4.99. The zero-order valence-electron chi connectivity index (χ0n) is 15.0. The van der Waals surface area contributed by atoms with Gasteiger partial charge in [-0.25, -0.2) is 9.78 Å². The molecule has 0 radical (unpaired) electrons. The summed E-state index contributed by atoms with van der Waals surface area (Å²) in [5.41, 5.74) is 1.50. The van der Waals surface area contributed by atoms with Gasteiger partial charge < -0.3 is 15.0 Å². The Bertz CT molecular complexity index is 819. The van der Waals surface area contributed by atoms with Crippen molar-refractivity contribution in [3.05, 3.63) is 40.4 Å². The molecular weight excluding hydrogens is 352 g/mol. The number of carbonyl (C=O) groups is 2. The fourth-order valence-corrected chi connectivity index (χ4v) is 3.83. The Hall–Kier alpha value is -2.61. The highest BCUT2D eigenvalue weighted by Gasteiger charge is 2.26. The second-order valence-electron chi connectivity index (χ2n) is 6.32. The van der Waals surface area contributed by atoms with Crippen LogP contribution < -0.4 is 15.4 Å². The third kappa shape index (κ3) is 3.96. The molecule has 0 spiro atoms. The lowest BCUT2D eigenvalue weighted by atomic mass is 10.1. The van der Waals surface area contributed by atoms with Crippen LogP contribution in [0.3, 0.4) is 0 Å². The van der Waals surface area contributed by atoms with E-state index in [1.165, 1.54) is 11.3 Å². The highest BCUT2D eigenvalue weighted by molar-refractivity contribution is 7.15. The SMILES string of the molecule is COc1ccccc1C(=O)N1CCc2nc(NC(=O)NC(C)C)sc2C1. The molecule has 7 nitrogen and oxygen atoms in total. The molecule has 2 heterocycles. The number of benzene rings is 1. The van der Waals surface area contributed by atoms with E-state index in [1.807, 2.05) is 26.0 Å². The second kappa shape index (κ2) is 7.74. The fraction of sp³-hybridized carbons (Fsp3) is 0.389. The molecule has 2 aromatic rings. The Labute approximate surface area is 156 Å². The van der Waals surface area contributed by atoms with E-state index in [1.54, 1.807) is 24.1 Å². The van der Waals surface area contributed by atoms with Crippen molar-refractivity contribution < 1.29 is 14.3 Å². The smallest absolute Gasteiger partial charge is 0.321 e. The maximum atomic E-state index is 12.8. The van der Waals surface area contributed by atoms with Gasteiger partial charge in [-0.1, -0.05) is 23.5 Å². The van der Waals surface area contributed by atoms with E-state index in [4.69, 9.17) is 4.74 Å². The summed E-state index contributed by atoms with van der Waals surface area (Å²) in [6.07, 6.45) is 0.667. The van der Waals surface area contributed by atoms with Crippen LogP contribution in [0.4, 0.5) is 9.93 Å². The van der Waals surface area contributed by atoms with Crippen molar-refractivity contribution in [3.8, 4) is 5.75 Å². The molecule has 1 aromatic carbocycles. The number of urea groups is 1. The average Bonchev–Trinajstić information content (AvgIpc) is 3.01. The summed E-state index contributed by atoms with van der Waals surface area (Å²) in [6.45, 7) is 4.87. The largest absolute Gasteiger partial charge is 0.496 e. The molecule has 2 N–H and O–H groups in total. The summed E-state index contributed by atoms with van der Waals surface area (Å²) in [4.78, 5) is 31.9. The molecule has 1 aromatic heterocycles. The summed E-state index contributed by atoms with van der Waals surface area (Å²) < 4.78 is 5.29. The molecule has 8 heteroatoms. The van der Waals surface area contributed by atoms with E-state index < -0.39 is 0 Å². The molecule has 0 aliphatic carbocycles. The van der Waals surface area contributed by atoms with Gasteiger partial charge in [-0.2, -0.15) is 0 Å². The number of methoxy groups -OCH3 is 1. The van der Waals surface area contributed by atoms with Gasteiger partial charge in [-0.3, -0.25) is 10.1 Å². The Balaban J connectivity index is 1.71. The summed E-state index contributed by atoms with van der Waals surface area (Å²) in [7, 11) is 1.56. The van der Waals surface area contributed by atoms with E-state index in [0.717, 1.165) is 10.6 Å². The van der Waals surface area contributed by atoms with Crippen LogP contribution in [0.2, 0.25) is 0 Å². The van der Waals surface area contributed by atoms with Gasteiger partial charge in [0.05, 0.1) is 24.9 Å². The van der Waals surface area contributed by atoms with E-state index in [9.17, 15) is 9.59 Å². The van der Waals surface area contributed by atoms with Crippen molar-refractivity contribution >= 4 is 28.4 Å². The Morgan fingerprint density at radius 1 is 1.31 bits per heavy atom. The number of amides is 3. The van der Waals surface area contributed by atoms with Crippen LogP contribution in [0.15, 0.2) is 24.3 Å². The van der Waals surface area contributed by atoms with Crippen LogP contribution in [0, 0.1) is 0 Å². The van der Waals surface area contributed by atoms with Crippen LogP contribution in [0.25, 0.3) is 0 Å². The van der Waals surface area contributed by atoms with Crippen molar-refractivity contribution in [1.29, 1.82) is 0 Å². The molecule has 0 saturated heterocycles. The minimum atomic E-state index is -0.270. The fourth-order valence-electron chi connectivity index (χ4n) is 2.81. The van der Waals surface area contributed by atoms with Gasteiger partial charge in [0.25, 0.3) is 5.91 Å². The molecule has 138 valence electrons. The molecule has 0 fully saturated rings. The molecule has 0 unspecified atom stereocenters. The minimum absolute atomic E-state index is 0.0542. The molecular formula is C18H22N4O3S. The lowest BCUT2D eigenvalue weighted by Gasteiger charge is -2.26. The van der Waals surface area contributed by atoms with Gasteiger partial charge in [0, 0.05) is 23.9 Å². The number of aromatic nitrogens is 1. The predicted octanol–water partition coefficient (Wildman–Crippen LogP) is 2.88. The van der Waals surface area contributed by atoms with Gasteiger partial charge >= 0.3 is 6.03 Å². The van der Waals surface area contributed by atoms with Crippen molar-refractivity contribution in [2.75, 3.05) is 19.0 Å². The number of thiazole rings is 1. The molecule has 1 aliphatic rings. The first-order chi connectivity index (χ1) is 12.5. The van der Waals surface area contributed by atoms with Gasteiger partial charge in [0.15, 0.2) is 5.13 Å². The van der Waals surface area contributed by atoms with Gasteiger partial charge in [0.2, 0.25) is 0 Å². The number of hydrogen-bond donors (Lipinski definition) is 2. The molecule has 3 rings (SSSR count). The summed E-state index contributed by atoms with van der Waals surface area (Å²) in [5.74, 6) is 0.508. The lowest BCUT2D eigenvalue weighted by Crippen LogP contribution is -2.35. The summed E-state index contributed by atoms with van der Waals surface area (Å²) >= 11 is 1.41. The number of fused-ring (bicyclic) bond motifs is 1. The quantitative estimate of drug-likeness (QED) is 0.862. The Kier molecular flexibility index (Phi) is 5.41. The number of para-hydroxylation sites is 1. The standard InChI is InChI=1S/C18H22N4O3S/c1-11(2)19-17(24)21-18-20-13-8-9-22(10-15(13)26-18)16(23)12-6-4-5-7-14(12)25-3/h4-7,11H,8-10H2,1-3H3,(H2,19,20,21,24). The molecule has 0 saturated carbocycles. The van der Waals surface area contributed by atoms with Gasteiger partial charge in [-0.15, -0.1) is 0 Å². The Morgan fingerprint density at radius 3 is 2.81 bits per heavy atom. The summed E-state index contributed by atoms with van der Waals surface area (Å²) in [6, 6.07) is 7.00. The van der Waals surface area contributed by atoms with Gasteiger partial charge in [-0.05, 0) is 26.0 Å². The number of ether oxygens (including phenoxy) is 1. The molecule has 1 aliphatic heterocycles. The van der Waals surface area contributed by atoms with Gasteiger partial charge in [0.1, 0.15) is 5.75 Å². The number of carbonyl (C=O) groups excluding carboxylic acids is 2. The molecule has 3 amide bonds. The Morgan fingerprint density at radius 2 is 2.08 bits per heavy atom. The minimum Gasteiger partial charge on any atom is -0.496 e. The van der Waals surface area contributed by atoms with Crippen molar-refractivity contribution in [3.63, 3.8) is 0 Å². The normalized spacial score (nSPS) is 13.3. The average molecular weight is 374 g/mol. The number of nitrogens with one attached hydrogen (secondary N) is 2. The topological polar surface area (TPSA) is 83.6 Å². The molecule has 0 atom stereocenters. The van der Waals surface area contributed by atoms with E-state index >= 15 is 0 Å². The predicted molar refractivity (Wildman–Crippen MR) is 101 cm³/mol. The first-order valence-corrected chi connectivity index (χ1v) is 9.28. The van der Waals surface area contributed by atoms with Crippen molar-refractivity contribution in [1.82, 2.24) is 15.2 Å². The number of rotatable bonds is 4. The first kappa shape index (κ1) is 18.2. The molecule has 0 bridgehead atoms. The van der Waals surface area contributed by atoms with E-state index in [-0.39, 0.29) is 18.0 Å². The molecule has 26 heavy (non-hydrogen) atoms. The second-order valence-corrected chi connectivity index (χ2v) is 7.40. The van der Waals surface area contributed by atoms with Crippen LogP contribution in [-0.2, 0) is 13.0 Å². The van der Waals surface area contributed by atoms with Crippen LogP contribution in [-0.4, -0.2) is 41.5 Å². The van der Waals surface area contributed by atoms with E-state index in [2.05, 4.69) is 15.6 Å². The van der Waals surface area contributed by atoms with Crippen LogP contribution >= 0.6 is 11.3 Å². The highest BCUT2D eigenvalue weighted by atomic mass is 32.1. The zero-order valence-corrected chi connectivity index (χ0v) is 15.9. The first-order valence-electron chi connectivity index (χ1n) is 8.46.